The van der Waals surface area contributed by atoms with Crippen LogP contribution >= 0.6 is 0 Å². The SMILES string of the molecule is CC1(C)CC2CC(C)(CN2C(=O)c2c[nH]c3cc4c(cc23)OCO4)C1. The molecule has 1 saturated carbocycles. The predicted molar refractivity (Wildman–Crippen MR) is 95.0 cm³/mol. The number of ether oxygens (including phenoxy) is 2. The molecule has 5 rings (SSSR count). The maximum atomic E-state index is 13.4. The van der Waals surface area contributed by atoms with Crippen molar-refractivity contribution in [3.63, 3.8) is 0 Å². The Labute approximate surface area is 147 Å². The van der Waals surface area contributed by atoms with Crippen LogP contribution in [-0.2, 0) is 0 Å². The molecule has 3 heterocycles. The Bertz CT molecular complexity index is 884. The highest BCUT2D eigenvalue weighted by atomic mass is 16.7. The van der Waals surface area contributed by atoms with Crippen LogP contribution in [0.4, 0.5) is 0 Å². The molecule has 2 fully saturated rings. The number of aromatic amines is 1. The lowest BCUT2D eigenvalue weighted by atomic mass is 9.65. The summed E-state index contributed by atoms with van der Waals surface area (Å²) in [4.78, 5) is 18.7. The van der Waals surface area contributed by atoms with Crippen LogP contribution in [0, 0.1) is 10.8 Å². The number of hydrogen-bond acceptors (Lipinski definition) is 3. The van der Waals surface area contributed by atoms with E-state index in [1.165, 1.54) is 6.42 Å². The summed E-state index contributed by atoms with van der Waals surface area (Å²) in [6.45, 7) is 8.10. The van der Waals surface area contributed by atoms with Gasteiger partial charge in [0.25, 0.3) is 5.91 Å². The van der Waals surface area contributed by atoms with Crippen LogP contribution in [0.5, 0.6) is 11.5 Å². The smallest absolute Gasteiger partial charge is 0.256 e. The number of carbonyl (C=O) groups excluding carboxylic acids is 1. The molecule has 25 heavy (non-hydrogen) atoms. The molecule has 2 aliphatic heterocycles. The molecule has 1 aromatic carbocycles. The van der Waals surface area contributed by atoms with E-state index >= 15 is 0 Å². The summed E-state index contributed by atoms with van der Waals surface area (Å²) in [6.07, 6.45) is 5.23. The van der Waals surface area contributed by atoms with Gasteiger partial charge in [-0.3, -0.25) is 4.79 Å². The Morgan fingerprint density at radius 1 is 1.20 bits per heavy atom. The van der Waals surface area contributed by atoms with Gasteiger partial charge in [-0.2, -0.15) is 0 Å². The van der Waals surface area contributed by atoms with Gasteiger partial charge in [-0.1, -0.05) is 20.8 Å². The summed E-state index contributed by atoms with van der Waals surface area (Å²) in [5.41, 5.74) is 2.20. The molecule has 1 amide bonds. The number of nitrogens with zero attached hydrogens (tertiary/aromatic N) is 1. The molecule has 1 aliphatic carbocycles. The molecule has 2 aromatic rings. The van der Waals surface area contributed by atoms with E-state index in [1.54, 1.807) is 0 Å². The summed E-state index contributed by atoms with van der Waals surface area (Å²) in [5, 5.41) is 0.917. The number of rotatable bonds is 1. The summed E-state index contributed by atoms with van der Waals surface area (Å²) in [6, 6.07) is 4.19. The van der Waals surface area contributed by atoms with Crippen molar-refractivity contribution in [1.82, 2.24) is 9.88 Å². The van der Waals surface area contributed by atoms with Crippen LogP contribution in [-0.4, -0.2) is 35.2 Å². The third kappa shape index (κ3) is 2.25. The van der Waals surface area contributed by atoms with Crippen molar-refractivity contribution in [2.75, 3.05) is 13.3 Å². The molecule has 0 spiro atoms. The molecule has 3 aliphatic rings. The van der Waals surface area contributed by atoms with Gasteiger partial charge in [0.15, 0.2) is 11.5 Å². The largest absolute Gasteiger partial charge is 0.454 e. The second kappa shape index (κ2) is 4.71. The summed E-state index contributed by atoms with van der Waals surface area (Å²) in [5.74, 6) is 1.59. The zero-order valence-electron chi connectivity index (χ0n) is 15.0. The van der Waals surface area contributed by atoms with Gasteiger partial charge in [0.1, 0.15) is 0 Å². The van der Waals surface area contributed by atoms with Gasteiger partial charge in [-0.05, 0) is 36.2 Å². The van der Waals surface area contributed by atoms with E-state index in [-0.39, 0.29) is 18.1 Å². The Morgan fingerprint density at radius 2 is 1.96 bits per heavy atom. The third-order valence-corrected chi connectivity index (χ3v) is 6.08. The number of amides is 1. The van der Waals surface area contributed by atoms with E-state index in [9.17, 15) is 4.79 Å². The highest BCUT2D eigenvalue weighted by Crippen LogP contribution is 2.53. The number of likely N-dealkylation sites (tertiary alicyclic amines) is 1. The number of H-pyrrole nitrogens is 1. The highest BCUT2D eigenvalue weighted by Gasteiger charge is 2.51. The molecule has 1 aromatic heterocycles. The van der Waals surface area contributed by atoms with Gasteiger partial charge in [-0.25, -0.2) is 0 Å². The van der Waals surface area contributed by atoms with Crippen LogP contribution in [0.15, 0.2) is 18.3 Å². The van der Waals surface area contributed by atoms with Gasteiger partial charge in [0.05, 0.1) is 11.1 Å². The minimum atomic E-state index is 0.136. The summed E-state index contributed by atoms with van der Waals surface area (Å²) >= 11 is 0. The molecule has 5 heteroatoms. The van der Waals surface area contributed by atoms with E-state index in [0.29, 0.717) is 11.5 Å². The number of hydrogen-bond donors (Lipinski definition) is 1. The lowest BCUT2D eigenvalue weighted by molar-refractivity contribution is 0.0710. The van der Waals surface area contributed by atoms with Crippen LogP contribution in [0.1, 0.15) is 50.4 Å². The van der Waals surface area contributed by atoms with Gasteiger partial charge in [-0.15, -0.1) is 0 Å². The molecule has 1 N–H and O–H groups in total. The minimum Gasteiger partial charge on any atom is -0.454 e. The monoisotopic (exact) mass is 340 g/mol. The first-order valence-electron chi connectivity index (χ1n) is 9.05. The molecule has 1 saturated heterocycles. The van der Waals surface area contributed by atoms with E-state index < -0.39 is 0 Å². The molecular weight excluding hydrogens is 316 g/mol. The van der Waals surface area contributed by atoms with E-state index in [0.717, 1.165) is 47.4 Å². The zero-order valence-corrected chi connectivity index (χ0v) is 15.0. The quantitative estimate of drug-likeness (QED) is 0.855. The highest BCUT2D eigenvalue weighted by molar-refractivity contribution is 6.07. The first-order chi connectivity index (χ1) is 11.8. The molecule has 2 atom stereocenters. The fourth-order valence-electron chi connectivity index (χ4n) is 5.54. The Hall–Kier alpha value is -2.17. The van der Waals surface area contributed by atoms with Crippen LogP contribution in [0.2, 0.25) is 0 Å². The number of aromatic nitrogens is 1. The predicted octanol–water partition coefficient (Wildman–Crippen LogP) is 3.94. The van der Waals surface area contributed by atoms with Crippen molar-refractivity contribution in [3.05, 3.63) is 23.9 Å². The molecular formula is C20H24N2O3. The maximum Gasteiger partial charge on any atom is 0.256 e. The molecule has 2 unspecified atom stereocenters. The van der Waals surface area contributed by atoms with Crippen molar-refractivity contribution < 1.29 is 14.3 Å². The van der Waals surface area contributed by atoms with Crippen molar-refractivity contribution in [2.24, 2.45) is 10.8 Å². The lowest BCUT2D eigenvalue weighted by Gasteiger charge is -2.39. The second-order valence-electron chi connectivity index (χ2n) is 9.10. The van der Waals surface area contributed by atoms with Crippen LogP contribution < -0.4 is 9.47 Å². The van der Waals surface area contributed by atoms with Crippen molar-refractivity contribution in [1.29, 1.82) is 0 Å². The molecule has 0 radical (unpaired) electrons. The van der Waals surface area contributed by atoms with Crippen LogP contribution in [0.3, 0.4) is 0 Å². The number of fused-ring (bicyclic) bond motifs is 4. The van der Waals surface area contributed by atoms with E-state index in [1.807, 2.05) is 18.3 Å². The van der Waals surface area contributed by atoms with Gasteiger partial charge in [0.2, 0.25) is 6.79 Å². The molecule has 5 nitrogen and oxygen atoms in total. The number of benzene rings is 1. The fraction of sp³-hybridized carbons (Fsp3) is 0.550. The average molecular weight is 340 g/mol. The lowest BCUT2D eigenvalue weighted by Crippen LogP contribution is -2.37. The first kappa shape index (κ1) is 15.1. The van der Waals surface area contributed by atoms with Crippen LogP contribution in [0.25, 0.3) is 10.9 Å². The van der Waals surface area contributed by atoms with Gasteiger partial charge >= 0.3 is 0 Å². The van der Waals surface area contributed by atoms with E-state index in [2.05, 4.69) is 30.7 Å². The molecule has 132 valence electrons. The third-order valence-electron chi connectivity index (χ3n) is 6.08. The number of nitrogens with one attached hydrogen (secondary N) is 1. The topological polar surface area (TPSA) is 54.6 Å². The second-order valence-corrected chi connectivity index (χ2v) is 9.10. The van der Waals surface area contributed by atoms with Gasteiger partial charge in [0, 0.05) is 30.2 Å². The average Bonchev–Trinajstić information content (AvgIpc) is 3.18. The minimum absolute atomic E-state index is 0.136. The normalized spacial score (nSPS) is 29.4. The summed E-state index contributed by atoms with van der Waals surface area (Å²) < 4.78 is 10.9. The number of carbonyl (C=O) groups is 1. The Kier molecular flexibility index (Phi) is 2.85. The van der Waals surface area contributed by atoms with Gasteiger partial charge < -0.3 is 19.4 Å². The van der Waals surface area contributed by atoms with Crippen molar-refractivity contribution in [3.8, 4) is 11.5 Å². The Morgan fingerprint density at radius 3 is 2.76 bits per heavy atom. The zero-order chi connectivity index (χ0) is 17.4. The summed E-state index contributed by atoms with van der Waals surface area (Å²) in [7, 11) is 0. The van der Waals surface area contributed by atoms with Crippen molar-refractivity contribution >= 4 is 16.8 Å². The maximum absolute atomic E-state index is 13.4. The van der Waals surface area contributed by atoms with E-state index in [4.69, 9.17) is 9.47 Å². The fourth-order valence-corrected chi connectivity index (χ4v) is 5.54. The first-order valence-corrected chi connectivity index (χ1v) is 9.05. The van der Waals surface area contributed by atoms with Crippen molar-refractivity contribution in [2.45, 2.75) is 46.1 Å². The Balaban J connectivity index is 1.52. The molecule has 2 bridgehead atoms. The standard InChI is InChI=1S/C20H24N2O3/c1-19(2)6-12-7-20(3,9-19)10-22(12)18(23)14-8-21-15-5-17-16(4-13(14)15)24-11-25-17/h4-5,8,12,21H,6-7,9-11H2,1-3H3.